The van der Waals surface area contributed by atoms with Crippen molar-refractivity contribution in [1.29, 1.82) is 0 Å². The summed E-state index contributed by atoms with van der Waals surface area (Å²) in [6.07, 6.45) is 0. The number of thioether (sulfide) groups is 1. The highest BCUT2D eigenvalue weighted by atomic mass is 32.2. The summed E-state index contributed by atoms with van der Waals surface area (Å²) in [5.74, 6) is -0.596. The Morgan fingerprint density at radius 1 is 1.53 bits per heavy atom. The number of carbonyl (C=O) groups is 2. The fourth-order valence-electron chi connectivity index (χ4n) is 1.67. The molecule has 1 N–H and O–H groups in total. The van der Waals surface area contributed by atoms with Gasteiger partial charge >= 0.3 is 5.97 Å². The Balaban J connectivity index is 2.55. The maximum atomic E-state index is 11.6. The Morgan fingerprint density at radius 3 is 2.93 bits per heavy atom. The van der Waals surface area contributed by atoms with Gasteiger partial charge in [-0.15, -0.1) is 11.8 Å². The van der Waals surface area contributed by atoms with Gasteiger partial charge in [0.25, 0.3) is 0 Å². The second-order valence-electron chi connectivity index (χ2n) is 3.54. The standard InChI is InChI=1S/C11H10O3S/c1-6-2-3-7-8(4-6)9(12)5-15-10(7)11(13)14/h2-4,10H,5H2,1H3,(H,13,14). The molecular formula is C11H10O3S. The molecule has 0 radical (unpaired) electrons. The van der Waals surface area contributed by atoms with Crippen LogP contribution in [-0.2, 0) is 4.79 Å². The van der Waals surface area contributed by atoms with Crippen molar-refractivity contribution >= 4 is 23.5 Å². The van der Waals surface area contributed by atoms with E-state index in [1.54, 1.807) is 12.1 Å². The first-order chi connectivity index (χ1) is 7.09. The van der Waals surface area contributed by atoms with Gasteiger partial charge in [-0.2, -0.15) is 0 Å². The van der Waals surface area contributed by atoms with Gasteiger partial charge in [0.15, 0.2) is 5.78 Å². The molecule has 0 saturated carbocycles. The van der Waals surface area contributed by atoms with Gasteiger partial charge in [0.2, 0.25) is 0 Å². The number of aliphatic carboxylic acids is 1. The predicted molar refractivity (Wildman–Crippen MR) is 58.3 cm³/mol. The van der Waals surface area contributed by atoms with Crippen LogP contribution in [0.5, 0.6) is 0 Å². The molecule has 2 rings (SSSR count). The summed E-state index contributed by atoms with van der Waals surface area (Å²) in [6, 6.07) is 5.36. The third kappa shape index (κ3) is 1.77. The van der Waals surface area contributed by atoms with E-state index >= 15 is 0 Å². The van der Waals surface area contributed by atoms with Gasteiger partial charge in [0.05, 0.1) is 5.75 Å². The van der Waals surface area contributed by atoms with Gasteiger partial charge in [-0.1, -0.05) is 17.7 Å². The minimum absolute atomic E-state index is 0.0243. The zero-order valence-electron chi connectivity index (χ0n) is 8.19. The number of carboxylic acid groups (broad SMARTS) is 1. The lowest BCUT2D eigenvalue weighted by Gasteiger charge is -2.21. The van der Waals surface area contributed by atoms with Crippen LogP contribution in [-0.4, -0.2) is 22.6 Å². The molecule has 3 nitrogen and oxygen atoms in total. The number of aryl methyl sites for hydroxylation is 1. The molecular weight excluding hydrogens is 212 g/mol. The molecule has 0 aliphatic carbocycles. The largest absolute Gasteiger partial charge is 0.480 e. The molecule has 78 valence electrons. The van der Waals surface area contributed by atoms with Crippen LogP contribution in [0.2, 0.25) is 0 Å². The van der Waals surface area contributed by atoms with Crippen LogP contribution in [0, 0.1) is 6.92 Å². The fraction of sp³-hybridized carbons (Fsp3) is 0.273. The SMILES string of the molecule is Cc1ccc2c(c1)C(=O)CSC2C(=O)O. The minimum atomic E-state index is -0.877. The van der Waals surface area contributed by atoms with E-state index in [0.717, 1.165) is 5.56 Å². The van der Waals surface area contributed by atoms with Crippen LogP contribution in [0.4, 0.5) is 0 Å². The number of ketones is 1. The van der Waals surface area contributed by atoms with Gasteiger partial charge in [0, 0.05) is 5.56 Å². The van der Waals surface area contributed by atoms with Crippen molar-refractivity contribution in [2.45, 2.75) is 12.2 Å². The third-order valence-corrected chi connectivity index (χ3v) is 3.61. The fourth-order valence-corrected chi connectivity index (χ4v) is 2.67. The first kappa shape index (κ1) is 10.2. The maximum absolute atomic E-state index is 11.6. The number of Topliss-reactive ketones (excluding diaryl/α,β-unsaturated/α-hetero) is 1. The van der Waals surface area contributed by atoms with E-state index in [1.807, 2.05) is 13.0 Å². The lowest BCUT2D eigenvalue weighted by Crippen LogP contribution is -2.20. The first-order valence-corrected chi connectivity index (χ1v) is 5.62. The molecule has 1 heterocycles. The van der Waals surface area contributed by atoms with E-state index in [2.05, 4.69) is 0 Å². The molecule has 1 atom stereocenters. The molecule has 4 heteroatoms. The molecule has 0 spiro atoms. The topological polar surface area (TPSA) is 54.4 Å². The molecule has 0 aromatic heterocycles. The lowest BCUT2D eigenvalue weighted by molar-refractivity contribution is -0.136. The summed E-state index contributed by atoms with van der Waals surface area (Å²) in [5.41, 5.74) is 2.19. The highest BCUT2D eigenvalue weighted by molar-refractivity contribution is 8.01. The number of rotatable bonds is 1. The van der Waals surface area contributed by atoms with E-state index in [1.165, 1.54) is 11.8 Å². The van der Waals surface area contributed by atoms with E-state index < -0.39 is 11.2 Å². The molecule has 0 saturated heterocycles. The van der Waals surface area contributed by atoms with Crippen molar-refractivity contribution in [2.24, 2.45) is 0 Å². The zero-order chi connectivity index (χ0) is 11.0. The number of carbonyl (C=O) groups excluding carboxylic acids is 1. The minimum Gasteiger partial charge on any atom is -0.480 e. The van der Waals surface area contributed by atoms with Crippen LogP contribution in [0.1, 0.15) is 26.7 Å². The van der Waals surface area contributed by atoms with E-state index in [4.69, 9.17) is 5.11 Å². The summed E-state index contributed by atoms with van der Waals surface area (Å²) < 4.78 is 0. The molecule has 1 aliphatic rings. The summed E-state index contributed by atoms with van der Waals surface area (Å²) in [4.78, 5) is 22.6. The Bertz CT molecular complexity index is 439. The Kier molecular flexibility index (Phi) is 2.52. The van der Waals surface area contributed by atoms with Gasteiger partial charge in [-0.05, 0) is 18.6 Å². The van der Waals surface area contributed by atoms with Crippen molar-refractivity contribution in [1.82, 2.24) is 0 Å². The van der Waals surface area contributed by atoms with Gasteiger partial charge in [-0.3, -0.25) is 9.59 Å². The average molecular weight is 222 g/mol. The average Bonchev–Trinajstić information content (AvgIpc) is 2.19. The normalized spacial score (nSPS) is 19.8. The first-order valence-electron chi connectivity index (χ1n) is 4.58. The number of carboxylic acids is 1. The highest BCUT2D eigenvalue weighted by Gasteiger charge is 2.30. The van der Waals surface area contributed by atoms with Crippen molar-refractivity contribution in [3.05, 3.63) is 34.9 Å². The summed E-state index contributed by atoms with van der Waals surface area (Å²) in [7, 11) is 0. The Hall–Kier alpha value is -1.29. The van der Waals surface area contributed by atoms with E-state index in [9.17, 15) is 9.59 Å². The van der Waals surface area contributed by atoms with Gasteiger partial charge < -0.3 is 5.11 Å². The van der Waals surface area contributed by atoms with Crippen molar-refractivity contribution in [3.8, 4) is 0 Å². The lowest BCUT2D eigenvalue weighted by atomic mass is 9.98. The van der Waals surface area contributed by atoms with Crippen molar-refractivity contribution in [3.63, 3.8) is 0 Å². The number of hydrogen-bond acceptors (Lipinski definition) is 3. The molecule has 0 amide bonds. The van der Waals surface area contributed by atoms with Crippen LogP contribution in [0.3, 0.4) is 0 Å². The smallest absolute Gasteiger partial charge is 0.321 e. The maximum Gasteiger partial charge on any atom is 0.321 e. The quantitative estimate of drug-likeness (QED) is 0.790. The second-order valence-corrected chi connectivity index (χ2v) is 4.64. The molecule has 1 unspecified atom stereocenters. The van der Waals surface area contributed by atoms with Crippen LogP contribution >= 0.6 is 11.8 Å². The van der Waals surface area contributed by atoms with Crippen LogP contribution < -0.4 is 0 Å². The highest BCUT2D eigenvalue weighted by Crippen LogP contribution is 2.37. The zero-order valence-corrected chi connectivity index (χ0v) is 9.00. The van der Waals surface area contributed by atoms with Crippen LogP contribution in [0.25, 0.3) is 0 Å². The monoisotopic (exact) mass is 222 g/mol. The van der Waals surface area contributed by atoms with Crippen LogP contribution in [0.15, 0.2) is 18.2 Å². The van der Waals surface area contributed by atoms with Crippen molar-refractivity contribution < 1.29 is 14.7 Å². The van der Waals surface area contributed by atoms with Crippen molar-refractivity contribution in [2.75, 3.05) is 5.75 Å². The number of hydrogen-bond donors (Lipinski definition) is 1. The molecule has 1 aromatic carbocycles. The third-order valence-electron chi connectivity index (χ3n) is 2.40. The molecule has 0 bridgehead atoms. The van der Waals surface area contributed by atoms with E-state index in [0.29, 0.717) is 11.1 Å². The predicted octanol–water partition coefficient (Wildman–Crippen LogP) is 2.05. The second kappa shape index (κ2) is 3.70. The van der Waals surface area contributed by atoms with E-state index in [-0.39, 0.29) is 11.5 Å². The summed E-state index contributed by atoms with van der Waals surface area (Å²) in [5, 5.41) is 8.41. The molecule has 15 heavy (non-hydrogen) atoms. The van der Waals surface area contributed by atoms with Gasteiger partial charge in [-0.25, -0.2) is 0 Å². The molecule has 1 aliphatic heterocycles. The number of benzene rings is 1. The van der Waals surface area contributed by atoms with Gasteiger partial charge in [0.1, 0.15) is 5.25 Å². The molecule has 0 fully saturated rings. The summed E-state index contributed by atoms with van der Waals surface area (Å²) in [6.45, 7) is 1.89. The summed E-state index contributed by atoms with van der Waals surface area (Å²) >= 11 is 1.18. The number of fused-ring (bicyclic) bond motifs is 1. The Morgan fingerprint density at radius 2 is 2.27 bits per heavy atom. The molecule has 1 aromatic rings. The Labute approximate surface area is 91.5 Å².